The zero-order valence-corrected chi connectivity index (χ0v) is 14.4. The molecule has 0 saturated carbocycles. The van der Waals surface area contributed by atoms with E-state index in [-0.39, 0.29) is 35.0 Å². The van der Waals surface area contributed by atoms with E-state index < -0.39 is 4.92 Å². The molecule has 0 aromatic heterocycles. The molecule has 0 fully saturated rings. The number of carbonyl (C=O) groups excluding carboxylic acids is 2. The molecule has 0 unspecified atom stereocenters. The average Bonchev–Trinajstić information content (AvgIpc) is 2.50. The molecule has 2 amide bonds. The van der Waals surface area contributed by atoms with E-state index in [0.717, 1.165) is 0 Å². The maximum Gasteiger partial charge on any atom is 0.293 e. The SMILES string of the molecule is CC(C)NC(=O)c1ccc(NCCNC(=O)C(C)C)c([N+](=O)[O-])c1. The average molecular weight is 336 g/mol. The van der Waals surface area contributed by atoms with Crippen molar-refractivity contribution in [3.63, 3.8) is 0 Å². The standard InChI is InChI=1S/C16H24N4O4/c1-10(2)15(21)18-8-7-17-13-6-5-12(9-14(13)20(23)24)16(22)19-11(3)4/h5-6,9-11,17H,7-8H2,1-4H3,(H,18,21)(H,19,22). The van der Waals surface area contributed by atoms with Crippen LogP contribution in [-0.2, 0) is 4.79 Å². The number of carbonyl (C=O) groups is 2. The van der Waals surface area contributed by atoms with Crippen LogP contribution in [0.5, 0.6) is 0 Å². The Labute approximate surface area is 141 Å². The first-order valence-corrected chi connectivity index (χ1v) is 7.83. The van der Waals surface area contributed by atoms with Crippen molar-refractivity contribution in [1.82, 2.24) is 10.6 Å². The third-order valence-corrected chi connectivity index (χ3v) is 3.14. The predicted octanol–water partition coefficient (Wildman–Crippen LogP) is 1.92. The normalized spacial score (nSPS) is 10.6. The molecule has 0 aliphatic heterocycles. The van der Waals surface area contributed by atoms with E-state index in [2.05, 4.69) is 16.0 Å². The molecule has 0 aliphatic carbocycles. The van der Waals surface area contributed by atoms with Gasteiger partial charge < -0.3 is 16.0 Å². The number of anilines is 1. The van der Waals surface area contributed by atoms with Gasteiger partial charge in [0, 0.05) is 36.7 Å². The van der Waals surface area contributed by atoms with Gasteiger partial charge in [0.25, 0.3) is 11.6 Å². The van der Waals surface area contributed by atoms with Crippen molar-refractivity contribution in [3.05, 3.63) is 33.9 Å². The van der Waals surface area contributed by atoms with Crippen LogP contribution in [0.15, 0.2) is 18.2 Å². The number of hydrogen-bond donors (Lipinski definition) is 3. The fourth-order valence-corrected chi connectivity index (χ4v) is 1.91. The molecular weight excluding hydrogens is 312 g/mol. The van der Waals surface area contributed by atoms with Crippen LogP contribution in [0.4, 0.5) is 11.4 Å². The summed E-state index contributed by atoms with van der Waals surface area (Å²) in [6, 6.07) is 4.21. The molecule has 0 radical (unpaired) electrons. The second kappa shape index (κ2) is 8.85. The van der Waals surface area contributed by atoms with Crippen molar-refractivity contribution in [3.8, 4) is 0 Å². The topological polar surface area (TPSA) is 113 Å². The van der Waals surface area contributed by atoms with Crippen molar-refractivity contribution in [2.24, 2.45) is 5.92 Å². The summed E-state index contributed by atoms with van der Waals surface area (Å²) in [7, 11) is 0. The third kappa shape index (κ3) is 5.86. The summed E-state index contributed by atoms with van der Waals surface area (Å²) in [5.74, 6) is -0.547. The van der Waals surface area contributed by atoms with E-state index in [1.807, 2.05) is 13.8 Å². The van der Waals surface area contributed by atoms with E-state index in [1.54, 1.807) is 13.8 Å². The van der Waals surface area contributed by atoms with E-state index in [9.17, 15) is 19.7 Å². The lowest BCUT2D eigenvalue weighted by Gasteiger charge is -2.11. The van der Waals surface area contributed by atoms with Gasteiger partial charge >= 0.3 is 0 Å². The molecule has 3 N–H and O–H groups in total. The van der Waals surface area contributed by atoms with Crippen LogP contribution >= 0.6 is 0 Å². The second-order valence-corrected chi connectivity index (χ2v) is 5.99. The molecule has 0 atom stereocenters. The monoisotopic (exact) mass is 336 g/mol. The van der Waals surface area contributed by atoms with Gasteiger partial charge in [0.15, 0.2) is 0 Å². The largest absolute Gasteiger partial charge is 0.378 e. The van der Waals surface area contributed by atoms with Crippen LogP contribution in [0.3, 0.4) is 0 Å². The molecule has 8 heteroatoms. The van der Waals surface area contributed by atoms with Crippen LogP contribution in [0, 0.1) is 16.0 Å². The van der Waals surface area contributed by atoms with E-state index in [1.165, 1.54) is 18.2 Å². The molecule has 0 bridgehead atoms. The quantitative estimate of drug-likeness (QED) is 0.381. The van der Waals surface area contributed by atoms with Gasteiger partial charge in [-0.05, 0) is 26.0 Å². The molecule has 0 aliphatic rings. The molecule has 132 valence electrons. The highest BCUT2D eigenvalue weighted by Gasteiger charge is 2.17. The van der Waals surface area contributed by atoms with Crippen LogP contribution < -0.4 is 16.0 Å². The summed E-state index contributed by atoms with van der Waals surface area (Å²) in [6.45, 7) is 7.89. The Bertz CT molecular complexity index is 614. The molecule has 0 saturated heterocycles. The molecular formula is C16H24N4O4. The van der Waals surface area contributed by atoms with Crippen LogP contribution in [0.25, 0.3) is 0 Å². The fourth-order valence-electron chi connectivity index (χ4n) is 1.91. The zero-order chi connectivity index (χ0) is 18.3. The van der Waals surface area contributed by atoms with E-state index in [0.29, 0.717) is 18.8 Å². The number of hydrogen-bond acceptors (Lipinski definition) is 5. The van der Waals surface area contributed by atoms with Crippen molar-refractivity contribution in [1.29, 1.82) is 0 Å². The molecule has 1 rings (SSSR count). The highest BCUT2D eigenvalue weighted by atomic mass is 16.6. The molecule has 1 aromatic rings. The van der Waals surface area contributed by atoms with E-state index >= 15 is 0 Å². The first-order valence-electron chi connectivity index (χ1n) is 7.83. The van der Waals surface area contributed by atoms with Crippen molar-refractivity contribution in [2.45, 2.75) is 33.7 Å². The lowest BCUT2D eigenvalue weighted by atomic mass is 10.1. The summed E-state index contributed by atoms with van der Waals surface area (Å²) in [5.41, 5.74) is 0.357. The maximum atomic E-state index is 11.9. The molecule has 8 nitrogen and oxygen atoms in total. The molecule has 0 heterocycles. The fraction of sp³-hybridized carbons (Fsp3) is 0.500. The summed E-state index contributed by atoms with van der Waals surface area (Å²) >= 11 is 0. The van der Waals surface area contributed by atoms with Crippen LogP contribution in [0.2, 0.25) is 0 Å². The third-order valence-electron chi connectivity index (χ3n) is 3.14. The van der Waals surface area contributed by atoms with Crippen molar-refractivity contribution >= 4 is 23.2 Å². The number of amides is 2. The molecule has 0 spiro atoms. The van der Waals surface area contributed by atoms with Crippen LogP contribution in [0.1, 0.15) is 38.1 Å². The zero-order valence-electron chi connectivity index (χ0n) is 14.4. The summed E-state index contributed by atoms with van der Waals surface area (Å²) in [5, 5.41) is 19.5. The van der Waals surface area contributed by atoms with Gasteiger partial charge in [-0.25, -0.2) is 0 Å². The Morgan fingerprint density at radius 2 is 1.83 bits per heavy atom. The van der Waals surface area contributed by atoms with Gasteiger partial charge in [-0.15, -0.1) is 0 Å². The van der Waals surface area contributed by atoms with Gasteiger partial charge in [0.1, 0.15) is 5.69 Å². The van der Waals surface area contributed by atoms with Gasteiger partial charge in [0.05, 0.1) is 4.92 Å². The van der Waals surface area contributed by atoms with Gasteiger partial charge in [0.2, 0.25) is 5.91 Å². The van der Waals surface area contributed by atoms with Gasteiger partial charge in [-0.3, -0.25) is 19.7 Å². The highest BCUT2D eigenvalue weighted by Crippen LogP contribution is 2.25. The van der Waals surface area contributed by atoms with Gasteiger partial charge in [-0.2, -0.15) is 0 Å². The first-order chi connectivity index (χ1) is 11.2. The summed E-state index contributed by atoms with van der Waals surface area (Å²) in [6.07, 6.45) is 0. The number of rotatable bonds is 8. The Hall–Kier alpha value is -2.64. The lowest BCUT2D eigenvalue weighted by molar-refractivity contribution is -0.384. The van der Waals surface area contributed by atoms with Gasteiger partial charge in [-0.1, -0.05) is 13.8 Å². The Balaban J connectivity index is 2.76. The van der Waals surface area contributed by atoms with Crippen LogP contribution in [-0.4, -0.2) is 35.9 Å². The second-order valence-electron chi connectivity index (χ2n) is 5.99. The van der Waals surface area contributed by atoms with Crippen molar-refractivity contribution in [2.75, 3.05) is 18.4 Å². The van der Waals surface area contributed by atoms with E-state index in [4.69, 9.17) is 0 Å². The predicted molar refractivity (Wildman–Crippen MR) is 92.0 cm³/mol. The number of nitrogens with zero attached hydrogens (tertiary/aromatic N) is 1. The lowest BCUT2D eigenvalue weighted by Crippen LogP contribution is -2.32. The molecule has 24 heavy (non-hydrogen) atoms. The summed E-state index contributed by atoms with van der Waals surface area (Å²) < 4.78 is 0. The Kier molecular flexibility index (Phi) is 7.16. The number of nitro groups is 1. The number of benzene rings is 1. The Morgan fingerprint density at radius 3 is 2.38 bits per heavy atom. The van der Waals surface area contributed by atoms with Crippen molar-refractivity contribution < 1.29 is 14.5 Å². The number of nitro benzene ring substituents is 1. The molecule has 1 aromatic carbocycles. The summed E-state index contributed by atoms with van der Waals surface area (Å²) in [4.78, 5) is 34.1. The smallest absolute Gasteiger partial charge is 0.293 e. The maximum absolute atomic E-state index is 11.9. The minimum Gasteiger partial charge on any atom is -0.378 e. The minimum atomic E-state index is -0.540. The first kappa shape index (κ1) is 19.4. The minimum absolute atomic E-state index is 0.0565. The Morgan fingerprint density at radius 1 is 1.17 bits per heavy atom. The number of nitrogens with one attached hydrogen (secondary N) is 3. The highest BCUT2D eigenvalue weighted by molar-refractivity contribution is 5.95.